The van der Waals surface area contributed by atoms with E-state index in [1.165, 1.54) is 46.7 Å². The summed E-state index contributed by atoms with van der Waals surface area (Å²) in [6.45, 7) is 67.9. The number of carbonyl (C=O) groups excluding carboxylic acids is 6. The Hall–Kier alpha value is -5.49. The Bertz CT molecular complexity index is 3250. The first-order chi connectivity index (χ1) is 64.9. The molecule has 0 aromatic carbocycles. The van der Waals surface area contributed by atoms with Gasteiger partial charge >= 0.3 is 78.5 Å². The minimum Gasteiger partial charge on any atom is -1.00 e. The molecule has 0 heterocycles. The molecule has 838 valence electrons. The molecule has 0 aromatic heterocycles. The van der Waals surface area contributed by atoms with Crippen LogP contribution in [0.4, 0.5) is 0 Å². The summed E-state index contributed by atoms with van der Waals surface area (Å²) >= 11 is 0. The van der Waals surface area contributed by atoms with Crippen molar-refractivity contribution in [3.8, 4) is 29.6 Å². The van der Waals surface area contributed by atoms with Gasteiger partial charge in [-0.25, -0.2) is 9.47 Å². The summed E-state index contributed by atoms with van der Waals surface area (Å²) in [5.74, 6) is 10.9. The van der Waals surface area contributed by atoms with Gasteiger partial charge in [-0.15, -0.1) is 10.6 Å². The molecule has 0 radical (unpaired) electrons. The van der Waals surface area contributed by atoms with E-state index in [4.69, 9.17) is 97.2 Å². The van der Waals surface area contributed by atoms with Crippen molar-refractivity contribution in [1.82, 2.24) is 0 Å². The van der Waals surface area contributed by atoms with Crippen LogP contribution in [0.2, 0.25) is 0 Å². The van der Waals surface area contributed by atoms with Crippen LogP contribution in [-0.2, 0) is 119 Å². The Morgan fingerprint density at radius 2 is 0.639 bits per heavy atom. The summed E-state index contributed by atoms with van der Waals surface area (Å²) in [7, 11) is -2.78. The molecule has 10 unspecified atom stereocenters. The van der Waals surface area contributed by atoms with Crippen LogP contribution in [-0.4, -0.2) is 332 Å². The predicted octanol–water partition coefficient (Wildman–Crippen LogP) is 13.1. The molecular weight excluding hydrogens is 1920 g/mol. The Morgan fingerprint density at radius 3 is 0.812 bits per heavy atom. The minimum atomic E-state index is -4.09. The summed E-state index contributed by atoms with van der Waals surface area (Å²) in [5, 5.41) is 85.4. The van der Waals surface area contributed by atoms with Crippen LogP contribution in [0.25, 0.3) is 0 Å². The molecule has 34 nitrogen and oxygen atoms in total. The molecule has 10 atom stereocenters. The fourth-order valence-electron chi connectivity index (χ4n) is 8.17. The number of allylic oxidation sites excluding steroid dienone is 12. The van der Waals surface area contributed by atoms with Crippen molar-refractivity contribution in [1.29, 1.82) is 0 Å². The maximum atomic E-state index is 11.0. The van der Waals surface area contributed by atoms with Crippen LogP contribution in [0.3, 0.4) is 0 Å². The van der Waals surface area contributed by atoms with Gasteiger partial charge in [-0.1, -0.05) is 155 Å². The molecule has 0 saturated carbocycles. The molecule has 0 aliphatic rings. The summed E-state index contributed by atoms with van der Waals surface area (Å²) in [5.41, 5.74) is 5.44. The van der Waals surface area contributed by atoms with Gasteiger partial charge in [0.2, 0.25) is 0 Å². The van der Waals surface area contributed by atoms with Crippen molar-refractivity contribution in [2.24, 2.45) is 23.7 Å². The smallest absolute Gasteiger partial charge is 1.00 e. The van der Waals surface area contributed by atoms with Gasteiger partial charge in [-0.3, -0.25) is 24.0 Å². The summed E-state index contributed by atoms with van der Waals surface area (Å²) in [6, 6.07) is 0. The molecule has 0 fully saturated rings. The molecule has 0 amide bonds. The standard InChI is InChI=1S/C18H36O6.C18H34O6.C18H32O4.C14H22O4.C10H12O2.C6H10O2.C4H12O4S.C4H6O2.C3H6O.C3H2.C2H4O2.C2H6O.3CH4.CH3.2Mg.Na.H2.H/c2*1-7-21-17(22-8-2)13(5)15(19)11-12-16(20)14(6)18(23-9-3)24-10-4;1-7-19-17(20-8-2)15(5)13-11-12-14-16(6)18(21-9-3)22-10-4;1-5-17-9-11(3)13(15)7-8-14(16)12(4)10-18-6-2;1-9(7-11)5-3-4-6-10(2)8-12;1-3-8-5-6(2)4-7;1-3-9(6,7,4-2)8-5;1-4(2-5)3-6;1-2-3-4;1-3-2;1-4-2-3;1-2-3;;;;;;;;;/h11-20H,7-10H2,1-6H3;13-20H,7-10H2,1-6H3;11-14,17-18H,7-10H2,1-6H3;9-10,13-16H,5-6H2,1-4H3;3-8H,1-2H3;4-5H,3H2,1-2H3;5H,3-4H2,1-2H3,(H,6,7);2-3,5H,1H3;3H,2H2,1H3;1H2;2H,1H3;3H,2H2,1H3;3*1H4;1H3;;;;1H;/q;;;;;;;;;-2;;;;;;-1;2*+2;+1;;-1/p+1/b12-11-;;12-11-,15-13+,16-14+;11-9+,12-10+;4-3+,9-5+,10-6+;6-5+;;4-2+;;;;;;;;;;;;;. The molecule has 0 spiro atoms. The largest absolute Gasteiger partial charge is 2.00 e. The van der Waals surface area contributed by atoms with Gasteiger partial charge in [-0.05, 0) is 194 Å². The van der Waals surface area contributed by atoms with Crippen molar-refractivity contribution >= 4 is 93.6 Å². The van der Waals surface area contributed by atoms with Gasteiger partial charge in [0.25, 0.3) is 6.47 Å². The fourth-order valence-corrected chi connectivity index (χ4v) is 8.79. The van der Waals surface area contributed by atoms with Crippen LogP contribution < -0.4 is 34.7 Å². The number of aliphatic hydroxyl groups is 7. The normalized spacial score (nSPS) is 13.5. The Morgan fingerprint density at radius 1 is 0.417 bits per heavy atom. The van der Waals surface area contributed by atoms with Crippen LogP contribution >= 0.6 is 0 Å². The van der Waals surface area contributed by atoms with Crippen molar-refractivity contribution in [2.75, 3.05) is 124 Å². The van der Waals surface area contributed by atoms with Gasteiger partial charge < -0.3 is 154 Å². The maximum absolute atomic E-state index is 11.0. The van der Waals surface area contributed by atoms with Gasteiger partial charge in [0.15, 0.2) is 37.7 Å². The predicted molar refractivity (Wildman–Crippen MR) is 581 cm³/mol. The Balaban J connectivity index is -0.0000000572. The van der Waals surface area contributed by atoms with Gasteiger partial charge in [-0.2, -0.15) is 0 Å². The molecule has 0 aliphatic carbocycles. The number of aldehydes is 5. The van der Waals surface area contributed by atoms with Crippen molar-refractivity contribution in [3.05, 3.63) is 151 Å². The molecule has 0 rings (SSSR count). The van der Waals surface area contributed by atoms with Gasteiger partial charge in [0, 0.05) is 146 Å². The quantitative estimate of drug-likeness (QED) is 0.00233. The number of hydrogen-bond acceptors (Lipinski definition) is 33. The van der Waals surface area contributed by atoms with Crippen LogP contribution in [0.15, 0.2) is 130 Å². The third-order valence-electron chi connectivity index (χ3n) is 16.0. The Labute approximate surface area is 932 Å². The zero-order valence-corrected chi connectivity index (χ0v) is 97.6. The monoisotopic (exact) mass is 2120 g/mol. The zero-order valence-electron chi connectivity index (χ0n) is 95.0. The second-order valence-corrected chi connectivity index (χ2v) is 31.2. The minimum absolute atomic E-state index is 0. The number of hydrogen-bond donors (Lipinski definition) is 9. The van der Waals surface area contributed by atoms with E-state index in [0.717, 1.165) is 36.3 Å². The van der Waals surface area contributed by atoms with Crippen LogP contribution in [0.5, 0.6) is 0 Å². The van der Waals surface area contributed by atoms with E-state index in [1.807, 2.05) is 163 Å². The van der Waals surface area contributed by atoms with E-state index in [2.05, 4.69) is 39.7 Å². The number of carbonyl (C=O) groups is 6. The maximum Gasteiger partial charge on any atom is 2.00 e. The molecule has 38 heteroatoms. The molecule has 0 saturated heterocycles. The molecule has 0 aliphatic heterocycles. The van der Waals surface area contributed by atoms with E-state index in [0.29, 0.717) is 152 Å². The summed E-state index contributed by atoms with van der Waals surface area (Å²) in [4.78, 5) is 57.7. The van der Waals surface area contributed by atoms with Crippen LogP contribution in [0, 0.1) is 74.0 Å². The SMILES string of the molecule is C.C.C.C/C(C=O)=C\[O-].CCC=O.CCO.CCO/C=C(\C)C(O)C#CC(O)/C(C)=C/OCC.CCO/C=C(\C)C=O.CCOC(OCC)/C(C)=C/C=C\C=C(/C)C(OCC)OCC.CCOC(OCC)C(C)C(O)/C=C\C(O)C(C)C(OCC)OCC.CCOC(OCC)C(C)C(O)C#CC(O)C(C)C(OCC)OCC.CCS(=O)(O)(CC)OO.COC=O.C\C(C=O)=C/C=C/C=C(\C)C=O.[C-]#C[CH2-].[CH3-].[H+].[H+].[H-].[HH].[Mg+2].[Mg+2].[Na+]. The first-order valence-electron chi connectivity index (χ1n) is 46.0. The zero-order chi connectivity index (χ0) is 108. The Kier molecular flexibility index (Phi) is 173. The van der Waals surface area contributed by atoms with Gasteiger partial charge in [0.05, 0.1) is 57.9 Å². The third-order valence-corrected chi connectivity index (χ3v) is 18.6. The van der Waals surface area contributed by atoms with E-state index in [1.54, 1.807) is 97.8 Å². The van der Waals surface area contributed by atoms with Crippen molar-refractivity contribution in [3.63, 3.8) is 0 Å². The molecular formula is C106H201Mg2NaO34S+2. The topological polar surface area (TPSA) is 482 Å². The molecule has 0 aromatic rings. The number of methoxy groups -OCH3 is 1. The average molecular weight is 2120 g/mol. The van der Waals surface area contributed by atoms with Gasteiger partial charge in [0.1, 0.15) is 65.5 Å². The molecule has 0 bridgehead atoms. The van der Waals surface area contributed by atoms with E-state index in [9.17, 15) is 63.9 Å². The number of ether oxygens (including phenoxy) is 16. The summed E-state index contributed by atoms with van der Waals surface area (Å²) < 4.78 is 108. The second kappa shape index (κ2) is 136. The van der Waals surface area contributed by atoms with E-state index in [-0.39, 0.29) is 171 Å². The molecule has 9 N–H and O–H groups in total. The van der Waals surface area contributed by atoms with Crippen LogP contribution in [0.1, 0.15) is 249 Å². The molecule has 144 heavy (non-hydrogen) atoms. The number of rotatable bonds is 57. The van der Waals surface area contributed by atoms with E-state index < -0.39 is 71.4 Å². The van der Waals surface area contributed by atoms with Crippen molar-refractivity contribution in [2.45, 2.75) is 318 Å². The first kappa shape index (κ1) is 183. The average Bonchev–Trinajstić information content (AvgIpc) is 0.827. The third kappa shape index (κ3) is 122. The first-order valence-corrected chi connectivity index (χ1v) is 48.2. The fraction of sp³-hybridized carbons (Fsp3) is 0.660. The second-order valence-electron chi connectivity index (χ2n) is 27.6. The van der Waals surface area contributed by atoms with Crippen molar-refractivity contribution < 1.29 is 199 Å². The van der Waals surface area contributed by atoms with E-state index >= 15 is 0 Å². The summed E-state index contributed by atoms with van der Waals surface area (Å²) in [6.07, 6.45) is 25.1. The number of aliphatic hydroxyl groups excluding tert-OH is 7.